The molecule has 0 atom stereocenters. The van der Waals surface area contributed by atoms with Gasteiger partial charge < -0.3 is 5.32 Å². The van der Waals surface area contributed by atoms with Crippen LogP contribution in [0.15, 0.2) is 6.20 Å². The van der Waals surface area contributed by atoms with Gasteiger partial charge >= 0.3 is 0 Å². The molecule has 1 rings (SSSR count). The summed E-state index contributed by atoms with van der Waals surface area (Å²) < 4.78 is 0. The van der Waals surface area contributed by atoms with Gasteiger partial charge in [-0.1, -0.05) is 0 Å². The van der Waals surface area contributed by atoms with E-state index in [0.717, 1.165) is 11.6 Å². The van der Waals surface area contributed by atoms with E-state index in [1.807, 2.05) is 18.0 Å². The molecule has 0 spiro atoms. The molecule has 1 radical (unpaired) electrons. The maximum Gasteiger partial charge on any atom is 0.0608 e. The van der Waals surface area contributed by atoms with E-state index in [-0.39, 0.29) is 0 Å². The minimum Gasteiger partial charge on any atom is -0.382 e. The molecule has 0 amide bonds. The second-order valence-corrected chi connectivity index (χ2v) is 2.03. The van der Waals surface area contributed by atoms with Crippen molar-refractivity contribution in [2.24, 2.45) is 0 Å². The highest BCUT2D eigenvalue weighted by molar-refractivity contribution is 7.99. The van der Waals surface area contributed by atoms with Gasteiger partial charge in [-0.3, -0.25) is 0 Å². The van der Waals surface area contributed by atoms with E-state index < -0.39 is 0 Å². The summed E-state index contributed by atoms with van der Waals surface area (Å²) >= 11 is 1.84. The zero-order valence-electron chi connectivity index (χ0n) is 3.40. The van der Waals surface area contributed by atoms with Crippen molar-refractivity contribution in [3.63, 3.8) is 0 Å². The second-order valence-electron chi connectivity index (χ2n) is 1.05. The van der Waals surface area contributed by atoms with Crippen LogP contribution in [0.1, 0.15) is 0 Å². The second kappa shape index (κ2) is 2.13. The van der Waals surface area contributed by atoms with Crippen LogP contribution in [0.4, 0.5) is 0 Å². The number of thioether (sulfide) groups is 1. The molecule has 1 nitrogen and oxygen atoms in total. The van der Waals surface area contributed by atoms with Gasteiger partial charge in [0.1, 0.15) is 0 Å². The van der Waals surface area contributed by atoms with Gasteiger partial charge in [-0.05, 0) is 6.08 Å². The molecule has 0 aromatic heterocycles. The fraction of sp³-hybridized carbons (Fsp3) is 0.500. The quantitative estimate of drug-likeness (QED) is 0.478. The summed E-state index contributed by atoms with van der Waals surface area (Å²) in [6.07, 6.45) is 4.88. The maximum absolute atomic E-state index is 3.01. The van der Waals surface area contributed by atoms with Crippen molar-refractivity contribution in [3.05, 3.63) is 12.3 Å². The summed E-state index contributed by atoms with van der Waals surface area (Å²) in [7, 11) is 0. The normalized spacial score (nSPS) is 20.0. The van der Waals surface area contributed by atoms with Crippen LogP contribution in [0.3, 0.4) is 0 Å². The van der Waals surface area contributed by atoms with E-state index in [2.05, 4.69) is 11.4 Å². The molecule has 1 aliphatic rings. The van der Waals surface area contributed by atoms with Crippen LogP contribution >= 0.6 is 11.8 Å². The summed E-state index contributed by atoms with van der Waals surface area (Å²) in [5.74, 6) is 2.10. The highest BCUT2D eigenvalue weighted by Crippen LogP contribution is 1.98. The Morgan fingerprint density at radius 1 is 1.83 bits per heavy atom. The predicted molar refractivity (Wildman–Crippen MR) is 28.3 cm³/mol. The SMILES string of the molecule is [C]1=CNCSC1. The molecule has 0 aromatic carbocycles. The Morgan fingerprint density at radius 3 is 3.00 bits per heavy atom. The molecule has 0 saturated carbocycles. The third-order valence-corrected chi connectivity index (χ3v) is 1.32. The Bertz CT molecular complexity index is 52.6. The van der Waals surface area contributed by atoms with Gasteiger partial charge in [0.2, 0.25) is 0 Å². The summed E-state index contributed by atoms with van der Waals surface area (Å²) in [5, 5.41) is 3.01. The number of rotatable bonds is 0. The molecule has 0 fully saturated rings. The molecule has 1 heterocycles. The van der Waals surface area contributed by atoms with Crippen LogP contribution in [-0.4, -0.2) is 11.6 Å². The topological polar surface area (TPSA) is 12.0 Å². The van der Waals surface area contributed by atoms with Gasteiger partial charge in [0, 0.05) is 12.0 Å². The first-order valence-corrected chi connectivity index (χ1v) is 3.02. The van der Waals surface area contributed by atoms with Crippen LogP contribution in [0.2, 0.25) is 0 Å². The highest BCUT2D eigenvalue weighted by Gasteiger charge is 1.85. The summed E-state index contributed by atoms with van der Waals surface area (Å²) in [6.45, 7) is 0. The fourth-order valence-electron chi connectivity index (χ4n) is 0.324. The lowest BCUT2D eigenvalue weighted by atomic mass is 10.7. The Morgan fingerprint density at radius 2 is 2.83 bits per heavy atom. The van der Waals surface area contributed by atoms with E-state index in [1.165, 1.54) is 0 Å². The first-order chi connectivity index (χ1) is 3.00. The Balaban J connectivity index is 2.26. The molecule has 1 aliphatic heterocycles. The van der Waals surface area contributed by atoms with Gasteiger partial charge in [0.15, 0.2) is 0 Å². The molecule has 1 N–H and O–H groups in total. The summed E-state index contributed by atoms with van der Waals surface area (Å²) in [5.41, 5.74) is 0. The number of hydrogen-bond donors (Lipinski definition) is 1. The van der Waals surface area contributed by atoms with Gasteiger partial charge in [-0.25, -0.2) is 0 Å². The molecule has 0 unspecified atom stereocenters. The van der Waals surface area contributed by atoms with Crippen molar-refractivity contribution in [2.45, 2.75) is 0 Å². The van der Waals surface area contributed by atoms with Crippen LogP contribution < -0.4 is 5.32 Å². The molecule has 0 saturated heterocycles. The fourth-order valence-corrected chi connectivity index (χ4v) is 0.829. The molecule has 2 heteroatoms. The molecular weight excluding hydrogens is 94.1 g/mol. The standard InChI is InChI=1S/C4H6NS/c1-2-5-4-6-3-1/h2,5H,3-4H2. The van der Waals surface area contributed by atoms with Gasteiger partial charge in [-0.2, -0.15) is 0 Å². The smallest absolute Gasteiger partial charge is 0.0608 e. The Hall–Kier alpha value is -0.110. The zero-order chi connectivity index (χ0) is 4.24. The molecule has 33 valence electrons. The lowest BCUT2D eigenvalue weighted by molar-refractivity contribution is 1.04. The number of nitrogens with one attached hydrogen (secondary N) is 1. The number of hydrogen-bond acceptors (Lipinski definition) is 2. The molecule has 0 bridgehead atoms. The van der Waals surface area contributed by atoms with E-state index >= 15 is 0 Å². The van der Waals surface area contributed by atoms with Crippen molar-refractivity contribution >= 4 is 11.8 Å². The Labute approximate surface area is 41.8 Å². The van der Waals surface area contributed by atoms with Gasteiger partial charge in [0.25, 0.3) is 0 Å². The minimum atomic E-state index is 1.05. The average Bonchev–Trinajstić information content (AvgIpc) is 1.72. The van der Waals surface area contributed by atoms with E-state index in [4.69, 9.17) is 0 Å². The van der Waals surface area contributed by atoms with Crippen molar-refractivity contribution in [2.75, 3.05) is 11.6 Å². The van der Waals surface area contributed by atoms with E-state index in [9.17, 15) is 0 Å². The van der Waals surface area contributed by atoms with Crippen LogP contribution in [0, 0.1) is 6.08 Å². The largest absolute Gasteiger partial charge is 0.382 e. The summed E-state index contributed by atoms with van der Waals surface area (Å²) in [4.78, 5) is 0. The Kier molecular flexibility index (Phi) is 1.44. The maximum atomic E-state index is 3.01. The molecule has 6 heavy (non-hydrogen) atoms. The molecule has 0 aromatic rings. The third-order valence-electron chi connectivity index (χ3n) is 0.575. The first-order valence-electron chi connectivity index (χ1n) is 1.86. The average molecular weight is 100 g/mol. The zero-order valence-corrected chi connectivity index (χ0v) is 4.22. The minimum absolute atomic E-state index is 1.05. The van der Waals surface area contributed by atoms with Crippen molar-refractivity contribution in [3.8, 4) is 0 Å². The van der Waals surface area contributed by atoms with Crippen molar-refractivity contribution in [1.82, 2.24) is 5.32 Å². The molecule has 0 aliphatic carbocycles. The lowest BCUT2D eigenvalue weighted by Crippen LogP contribution is -2.07. The monoisotopic (exact) mass is 100 g/mol. The van der Waals surface area contributed by atoms with Crippen LogP contribution in [0.5, 0.6) is 0 Å². The lowest BCUT2D eigenvalue weighted by Gasteiger charge is -2.01. The molecular formula is C4H6NS. The first kappa shape index (κ1) is 4.06. The third kappa shape index (κ3) is 0.937. The highest BCUT2D eigenvalue weighted by atomic mass is 32.2. The van der Waals surface area contributed by atoms with Crippen LogP contribution in [-0.2, 0) is 0 Å². The van der Waals surface area contributed by atoms with Crippen LogP contribution in [0.25, 0.3) is 0 Å². The van der Waals surface area contributed by atoms with Gasteiger partial charge in [0.05, 0.1) is 5.88 Å². The van der Waals surface area contributed by atoms with Crippen molar-refractivity contribution in [1.29, 1.82) is 0 Å². The van der Waals surface area contributed by atoms with Crippen molar-refractivity contribution < 1.29 is 0 Å². The van der Waals surface area contributed by atoms with E-state index in [0.29, 0.717) is 0 Å². The predicted octanol–water partition coefficient (Wildman–Crippen LogP) is 0.597. The van der Waals surface area contributed by atoms with E-state index in [1.54, 1.807) is 0 Å². The van der Waals surface area contributed by atoms with Gasteiger partial charge in [-0.15, -0.1) is 11.8 Å². The summed E-state index contributed by atoms with van der Waals surface area (Å²) in [6, 6.07) is 0.